The topological polar surface area (TPSA) is 93.1 Å². The first-order chi connectivity index (χ1) is 17.4. The third-order valence-corrected chi connectivity index (χ3v) is 7.55. The second-order valence-corrected chi connectivity index (χ2v) is 12.1. The van der Waals surface area contributed by atoms with E-state index in [0.717, 1.165) is 23.4 Å². The largest absolute Gasteiger partial charge is 0.493 e. The van der Waals surface area contributed by atoms with Crippen LogP contribution in [0.3, 0.4) is 0 Å². The molecule has 3 aliphatic rings. The van der Waals surface area contributed by atoms with Gasteiger partial charge in [0.1, 0.15) is 0 Å². The van der Waals surface area contributed by atoms with E-state index in [2.05, 4.69) is 27.7 Å². The van der Waals surface area contributed by atoms with E-state index >= 15 is 0 Å². The molecule has 7 nitrogen and oxygen atoms in total. The number of nitrogens with zero attached hydrogens (tertiary/aromatic N) is 1. The fraction of sp³-hybridized carbons (Fsp3) is 0.567. The molecule has 1 aliphatic heterocycles. The lowest BCUT2D eigenvalue weighted by atomic mass is 9.63. The highest BCUT2D eigenvalue weighted by molar-refractivity contribution is 6.06. The summed E-state index contributed by atoms with van der Waals surface area (Å²) in [6, 6.07) is 5.67. The lowest BCUT2D eigenvalue weighted by Gasteiger charge is -2.49. The average molecular weight is 510 g/mol. The van der Waals surface area contributed by atoms with Crippen molar-refractivity contribution in [2.45, 2.75) is 79.1 Å². The number of hydrogen-bond donors (Lipinski definition) is 1. The highest BCUT2D eigenvalue weighted by Gasteiger charge is 2.49. The molecule has 0 fully saturated rings. The van der Waals surface area contributed by atoms with Crippen molar-refractivity contribution < 1.29 is 29.0 Å². The zero-order valence-corrected chi connectivity index (χ0v) is 22.9. The third kappa shape index (κ3) is 5.32. The van der Waals surface area contributed by atoms with Crippen LogP contribution in [0.2, 0.25) is 0 Å². The summed E-state index contributed by atoms with van der Waals surface area (Å²) in [6.07, 6.45) is 2.84. The first-order valence-corrected chi connectivity index (χ1v) is 13.2. The van der Waals surface area contributed by atoms with Gasteiger partial charge in [-0.05, 0) is 47.8 Å². The van der Waals surface area contributed by atoms with Crippen LogP contribution in [0.4, 0.5) is 0 Å². The van der Waals surface area contributed by atoms with Crippen LogP contribution in [0.5, 0.6) is 11.5 Å². The molecule has 7 heteroatoms. The molecular weight excluding hydrogens is 470 g/mol. The van der Waals surface area contributed by atoms with Gasteiger partial charge in [0.2, 0.25) is 0 Å². The van der Waals surface area contributed by atoms with E-state index in [1.54, 1.807) is 7.11 Å². The summed E-state index contributed by atoms with van der Waals surface area (Å²) in [7, 11) is 1.59. The van der Waals surface area contributed by atoms with E-state index in [1.807, 2.05) is 30.0 Å². The zero-order valence-electron chi connectivity index (χ0n) is 22.9. The molecule has 1 aromatic carbocycles. The van der Waals surface area contributed by atoms with Crippen LogP contribution < -0.4 is 9.47 Å². The maximum absolute atomic E-state index is 13.8. The highest BCUT2D eigenvalue weighted by atomic mass is 16.5. The second kappa shape index (κ2) is 9.99. The van der Waals surface area contributed by atoms with E-state index in [4.69, 9.17) is 9.47 Å². The minimum Gasteiger partial charge on any atom is -0.493 e. The molecule has 2 aliphatic carbocycles. The Balaban J connectivity index is 1.94. The van der Waals surface area contributed by atoms with Gasteiger partial charge in [-0.3, -0.25) is 14.4 Å². The Hall–Kier alpha value is -3.09. The van der Waals surface area contributed by atoms with Crippen LogP contribution in [0.15, 0.2) is 40.7 Å². The van der Waals surface area contributed by atoms with Crippen LogP contribution in [-0.2, 0) is 14.4 Å². The van der Waals surface area contributed by atoms with Crippen molar-refractivity contribution in [2.75, 3.05) is 20.3 Å². The molecule has 0 radical (unpaired) electrons. The summed E-state index contributed by atoms with van der Waals surface area (Å²) >= 11 is 0. The molecular formula is C30H39NO6. The van der Waals surface area contributed by atoms with Gasteiger partial charge >= 0.3 is 5.97 Å². The van der Waals surface area contributed by atoms with Crippen LogP contribution in [0, 0.1) is 10.8 Å². The van der Waals surface area contributed by atoms with Gasteiger partial charge < -0.3 is 19.5 Å². The van der Waals surface area contributed by atoms with Gasteiger partial charge in [0.05, 0.1) is 20.1 Å². The van der Waals surface area contributed by atoms with Crippen LogP contribution in [0.1, 0.15) is 84.6 Å². The molecule has 200 valence electrons. The van der Waals surface area contributed by atoms with Crippen LogP contribution in [0.25, 0.3) is 0 Å². The molecule has 1 heterocycles. The summed E-state index contributed by atoms with van der Waals surface area (Å²) in [6.45, 7) is 11.1. The van der Waals surface area contributed by atoms with Crippen molar-refractivity contribution in [1.82, 2.24) is 4.90 Å². The number of carboxylic acids is 1. The van der Waals surface area contributed by atoms with Gasteiger partial charge in [0.15, 0.2) is 23.1 Å². The molecule has 0 amide bonds. The predicted molar refractivity (Wildman–Crippen MR) is 141 cm³/mol. The van der Waals surface area contributed by atoms with Crippen LogP contribution in [-0.4, -0.2) is 47.8 Å². The number of carboxylic acid groups (broad SMARTS) is 1. The summed E-state index contributed by atoms with van der Waals surface area (Å²) in [5.41, 5.74) is 3.28. The lowest BCUT2D eigenvalue weighted by molar-refractivity contribution is -0.137. The zero-order chi connectivity index (χ0) is 27.1. The molecule has 0 atom stereocenters. The van der Waals surface area contributed by atoms with Crippen LogP contribution >= 0.6 is 0 Å². The number of carbonyl (C=O) groups is 3. The number of ketones is 2. The minimum atomic E-state index is -0.901. The van der Waals surface area contributed by atoms with Gasteiger partial charge in [-0.2, -0.15) is 0 Å². The molecule has 0 saturated heterocycles. The van der Waals surface area contributed by atoms with Gasteiger partial charge in [-0.15, -0.1) is 0 Å². The molecule has 4 rings (SSSR count). The number of ether oxygens (including phenoxy) is 2. The minimum absolute atomic E-state index is 0.0195. The molecule has 0 spiro atoms. The van der Waals surface area contributed by atoms with E-state index in [9.17, 15) is 19.5 Å². The van der Waals surface area contributed by atoms with Gasteiger partial charge in [0.25, 0.3) is 0 Å². The molecule has 0 saturated carbocycles. The van der Waals surface area contributed by atoms with Crippen molar-refractivity contribution in [1.29, 1.82) is 0 Å². The Bertz CT molecular complexity index is 1130. The number of carbonyl (C=O) groups excluding carboxylic acids is 2. The Morgan fingerprint density at radius 3 is 2.03 bits per heavy atom. The number of allylic oxidation sites excluding steroid dienone is 4. The van der Waals surface area contributed by atoms with Crippen molar-refractivity contribution >= 4 is 17.5 Å². The summed E-state index contributed by atoms with van der Waals surface area (Å²) in [5.74, 6) is -0.176. The first kappa shape index (κ1) is 27.0. The standard InChI is InChI=1S/C30H39NO6/c1-7-12-37-23-9-8-18(13-24(23)36-6)26-27-19(14-29(2,3)16-21(27)32)31(11-10-25(34)35)20-15-30(4,5)17-22(33)28(20)26/h8-9,13,26H,7,10-12,14-17H2,1-6H3,(H,34,35). The molecule has 1 aromatic rings. The van der Waals surface area contributed by atoms with Crippen molar-refractivity contribution in [3.63, 3.8) is 0 Å². The SMILES string of the molecule is CCCOc1ccc(C2C3=C(CC(C)(C)CC3=O)N(CCC(=O)O)C3=C2C(=O)CC(C)(C)C3)cc1OC. The number of hydrogen-bond acceptors (Lipinski definition) is 6. The summed E-state index contributed by atoms with van der Waals surface area (Å²) < 4.78 is 11.5. The highest BCUT2D eigenvalue weighted by Crippen LogP contribution is 2.54. The Morgan fingerprint density at radius 1 is 0.973 bits per heavy atom. The quantitative estimate of drug-likeness (QED) is 0.484. The fourth-order valence-electron chi connectivity index (χ4n) is 6.05. The molecule has 37 heavy (non-hydrogen) atoms. The monoisotopic (exact) mass is 509 g/mol. The molecule has 0 unspecified atom stereocenters. The Kier molecular flexibility index (Phi) is 7.28. The van der Waals surface area contributed by atoms with Crippen molar-refractivity contribution in [2.24, 2.45) is 10.8 Å². The van der Waals surface area contributed by atoms with E-state index in [0.29, 0.717) is 54.9 Å². The average Bonchev–Trinajstić information content (AvgIpc) is 2.79. The lowest BCUT2D eigenvalue weighted by Crippen LogP contribution is -2.45. The van der Waals surface area contributed by atoms with Gasteiger partial charge in [-0.1, -0.05) is 40.7 Å². The van der Waals surface area contributed by atoms with Crippen molar-refractivity contribution in [3.8, 4) is 11.5 Å². The number of rotatable bonds is 8. The van der Waals surface area contributed by atoms with Gasteiger partial charge in [0, 0.05) is 47.8 Å². The molecule has 0 bridgehead atoms. The van der Waals surface area contributed by atoms with Crippen molar-refractivity contribution in [3.05, 3.63) is 46.3 Å². The number of methoxy groups -OCH3 is 1. The third-order valence-electron chi connectivity index (χ3n) is 7.55. The molecule has 0 aromatic heterocycles. The van der Waals surface area contributed by atoms with E-state index in [-0.39, 0.29) is 35.4 Å². The predicted octanol–water partition coefficient (Wildman–Crippen LogP) is 5.64. The summed E-state index contributed by atoms with van der Waals surface area (Å²) in [5, 5.41) is 9.50. The maximum atomic E-state index is 13.8. The Morgan fingerprint density at radius 2 is 1.54 bits per heavy atom. The number of benzene rings is 1. The normalized spacial score (nSPS) is 21.1. The fourth-order valence-corrected chi connectivity index (χ4v) is 6.05. The molecule has 1 N–H and O–H groups in total. The van der Waals surface area contributed by atoms with Gasteiger partial charge in [-0.25, -0.2) is 0 Å². The van der Waals surface area contributed by atoms with E-state index < -0.39 is 11.9 Å². The second-order valence-electron chi connectivity index (χ2n) is 12.1. The smallest absolute Gasteiger partial charge is 0.305 e. The number of aliphatic carboxylic acids is 1. The van der Waals surface area contributed by atoms with E-state index in [1.165, 1.54) is 0 Å². The first-order valence-electron chi connectivity index (χ1n) is 13.2. The maximum Gasteiger partial charge on any atom is 0.305 e. The number of Topliss-reactive ketones (excluding diaryl/α,β-unsaturated/α-hetero) is 2. The summed E-state index contributed by atoms with van der Waals surface area (Å²) in [4.78, 5) is 41.2. The Labute approximate surface area is 219 Å².